The Kier molecular flexibility index (Phi) is 4.06. The molecule has 1 aromatic carbocycles. The third-order valence-electron chi connectivity index (χ3n) is 3.60. The lowest BCUT2D eigenvalue weighted by Crippen LogP contribution is -2.52. The molecule has 6 heteroatoms. The monoisotopic (exact) mass is 277 g/mol. The minimum Gasteiger partial charge on any atom is -0.348 e. The van der Waals surface area contributed by atoms with Crippen molar-refractivity contribution in [2.75, 3.05) is 21.3 Å². The summed E-state index contributed by atoms with van der Waals surface area (Å²) in [6.07, 6.45) is 1.64. The molecule has 1 aliphatic rings. The summed E-state index contributed by atoms with van der Waals surface area (Å²) in [6.45, 7) is 1.84. The van der Waals surface area contributed by atoms with Crippen molar-refractivity contribution < 1.29 is 14.3 Å². The van der Waals surface area contributed by atoms with E-state index in [2.05, 4.69) is 10.4 Å². The molecule has 1 atom stereocenters. The summed E-state index contributed by atoms with van der Waals surface area (Å²) in [5, 5.41) is 8.14. The smallest absolute Gasteiger partial charge is 0.338 e. The van der Waals surface area contributed by atoms with Gasteiger partial charge in [0.1, 0.15) is 6.04 Å². The summed E-state index contributed by atoms with van der Waals surface area (Å²) in [5.41, 5.74) is 1.70. The Bertz CT molecular complexity index is 526. The number of carbonyl (C=O) groups is 1. The molecule has 1 aromatic rings. The van der Waals surface area contributed by atoms with Crippen molar-refractivity contribution in [3.05, 3.63) is 35.4 Å². The molecule has 20 heavy (non-hydrogen) atoms. The molecule has 2 rings (SSSR count). The van der Waals surface area contributed by atoms with E-state index in [9.17, 15) is 4.79 Å². The average Bonchev–Trinajstić information content (AvgIpc) is 2.61. The predicted molar refractivity (Wildman–Crippen MR) is 75.5 cm³/mol. The van der Waals surface area contributed by atoms with Crippen LogP contribution in [-0.4, -0.2) is 44.6 Å². The van der Waals surface area contributed by atoms with Gasteiger partial charge in [-0.05, 0) is 6.92 Å². The highest BCUT2D eigenvalue weighted by molar-refractivity contribution is 5.85. The topological polar surface area (TPSA) is 63.2 Å². The lowest BCUT2D eigenvalue weighted by molar-refractivity contribution is -0.244. The van der Waals surface area contributed by atoms with Crippen LogP contribution in [0.2, 0.25) is 0 Å². The number of nitrogens with one attached hydrogen (secondary N) is 1. The van der Waals surface area contributed by atoms with Gasteiger partial charge in [-0.2, -0.15) is 5.10 Å². The van der Waals surface area contributed by atoms with Gasteiger partial charge in [-0.3, -0.25) is 0 Å². The normalized spacial score (nSPS) is 20.2. The van der Waals surface area contributed by atoms with Crippen LogP contribution >= 0.6 is 0 Å². The fraction of sp³-hybridized carbons (Fsp3) is 0.429. The van der Waals surface area contributed by atoms with E-state index >= 15 is 0 Å². The lowest BCUT2D eigenvalue weighted by atomic mass is 9.94. The van der Waals surface area contributed by atoms with Crippen molar-refractivity contribution in [3.63, 3.8) is 0 Å². The zero-order valence-electron chi connectivity index (χ0n) is 12.1. The van der Waals surface area contributed by atoms with E-state index in [-0.39, 0.29) is 6.03 Å². The zero-order valence-corrected chi connectivity index (χ0v) is 12.1. The molecule has 0 bridgehead atoms. The van der Waals surface area contributed by atoms with Crippen molar-refractivity contribution in [1.82, 2.24) is 10.3 Å². The van der Waals surface area contributed by atoms with Gasteiger partial charge in [0, 0.05) is 32.4 Å². The van der Waals surface area contributed by atoms with Gasteiger partial charge >= 0.3 is 6.03 Å². The second-order valence-electron chi connectivity index (χ2n) is 4.48. The first-order chi connectivity index (χ1) is 9.60. The van der Waals surface area contributed by atoms with Crippen LogP contribution in [0.5, 0.6) is 0 Å². The first-order valence-corrected chi connectivity index (χ1v) is 6.35. The van der Waals surface area contributed by atoms with E-state index in [1.807, 2.05) is 31.2 Å². The summed E-state index contributed by atoms with van der Waals surface area (Å²) < 4.78 is 11.3. The van der Waals surface area contributed by atoms with Gasteiger partial charge in [-0.1, -0.05) is 24.3 Å². The lowest BCUT2D eigenvalue weighted by Gasteiger charge is -2.39. The molecular weight excluding hydrogens is 258 g/mol. The van der Waals surface area contributed by atoms with Crippen LogP contribution in [0.4, 0.5) is 4.79 Å². The number of rotatable bonds is 2. The maximum Gasteiger partial charge on any atom is 0.338 e. The van der Waals surface area contributed by atoms with Crippen LogP contribution in [0, 0.1) is 0 Å². The van der Waals surface area contributed by atoms with Crippen molar-refractivity contribution in [2.45, 2.75) is 18.8 Å². The van der Waals surface area contributed by atoms with Gasteiger partial charge in [0.15, 0.2) is 0 Å². The number of urea groups is 1. The molecule has 0 spiro atoms. The number of methoxy groups -OCH3 is 2. The summed E-state index contributed by atoms with van der Waals surface area (Å²) in [7, 11) is 4.68. The van der Waals surface area contributed by atoms with Crippen LogP contribution in [0.15, 0.2) is 29.4 Å². The molecule has 1 heterocycles. The largest absolute Gasteiger partial charge is 0.348 e. The third-order valence-corrected chi connectivity index (χ3v) is 3.60. The molecule has 0 saturated heterocycles. The number of hydrogen-bond acceptors (Lipinski definition) is 4. The molecular formula is C14H19N3O3. The predicted octanol–water partition coefficient (Wildman–Crippen LogP) is 1.51. The van der Waals surface area contributed by atoms with Crippen LogP contribution in [0.1, 0.15) is 18.1 Å². The van der Waals surface area contributed by atoms with Crippen molar-refractivity contribution >= 4 is 12.2 Å². The van der Waals surface area contributed by atoms with Crippen LogP contribution in [0.25, 0.3) is 0 Å². The minimum absolute atomic E-state index is 0.319. The summed E-state index contributed by atoms with van der Waals surface area (Å²) >= 11 is 0. The van der Waals surface area contributed by atoms with E-state index in [0.29, 0.717) is 0 Å². The molecule has 108 valence electrons. The van der Waals surface area contributed by atoms with Gasteiger partial charge in [-0.25, -0.2) is 9.80 Å². The average molecular weight is 277 g/mol. The van der Waals surface area contributed by atoms with Gasteiger partial charge in [0.25, 0.3) is 0 Å². The van der Waals surface area contributed by atoms with Gasteiger partial charge in [0.05, 0.1) is 6.21 Å². The Balaban J connectivity index is 2.61. The number of carbonyl (C=O) groups excluding carboxylic acids is 1. The molecule has 1 aliphatic heterocycles. The van der Waals surface area contributed by atoms with E-state index in [1.54, 1.807) is 27.5 Å². The van der Waals surface area contributed by atoms with Crippen LogP contribution in [-0.2, 0) is 15.3 Å². The highest BCUT2D eigenvalue weighted by Gasteiger charge is 2.46. The van der Waals surface area contributed by atoms with Gasteiger partial charge in [-0.15, -0.1) is 0 Å². The van der Waals surface area contributed by atoms with Crippen LogP contribution < -0.4 is 5.32 Å². The fourth-order valence-electron chi connectivity index (χ4n) is 2.52. The van der Waals surface area contributed by atoms with E-state index < -0.39 is 11.8 Å². The third kappa shape index (κ3) is 2.07. The van der Waals surface area contributed by atoms with Crippen molar-refractivity contribution in [3.8, 4) is 0 Å². The Labute approximate surface area is 118 Å². The Morgan fingerprint density at radius 2 is 2.00 bits per heavy atom. The number of hydrazone groups is 1. The molecule has 0 aromatic heterocycles. The van der Waals surface area contributed by atoms with Gasteiger partial charge < -0.3 is 14.8 Å². The molecule has 0 aliphatic carbocycles. The summed E-state index contributed by atoms with van der Waals surface area (Å²) in [4.78, 5) is 12.0. The maximum atomic E-state index is 12.0. The summed E-state index contributed by atoms with van der Waals surface area (Å²) in [6, 6.07) is 6.88. The Morgan fingerprint density at radius 1 is 1.35 bits per heavy atom. The number of fused-ring (bicyclic) bond motifs is 1. The van der Waals surface area contributed by atoms with E-state index in [4.69, 9.17) is 9.47 Å². The maximum absolute atomic E-state index is 12.0. The summed E-state index contributed by atoms with van der Waals surface area (Å²) in [5.74, 6) is -1.07. The zero-order chi connectivity index (χ0) is 14.8. The van der Waals surface area contributed by atoms with E-state index in [1.165, 1.54) is 5.01 Å². The second kappa shape index (κ2) is 5.60. The molecule has 0 fully saturated rings. The van der Waals surface area contributed by atoms with Gasteiger partial charge in [0.2, 0.25) is 5.79 Å². The highest BCUT2D eigenvalue weighted by Crippen LogP contribution is 2.36. The highest BCUT2D eigenvalue weighted by atomic mass is 16.7. The van der Waals surface area contributed by atoms with Crippen LogP contribution in [0.3, 0.4) is 0 Å². The number of amides is 2. The fourth-order valence-corrected chi connectivity index (χ4v) is 2.52. The molecule has 1 unspecified atom stereocenters. The molecule has 2 amide bonds. The molecule has 0 radical (unpaired) electrons. The number of ether oxygens (including phenoxy) is 2. The first-order valence-electron chi connectivity index (χ1n) is 6.35. The Morgan fingerprint density at radius 3 is 2.60 bits per heavy atom. The Hall–Kier alpha value is -1.92. The quantitative estimate of drug-likeness (QED) is 0.833. The minimum atomic E-state index is -1.07. The number of nitrogens with zero attached hydrogens (tertiary/aromatic N) is 2. The van der Waals surface area contributed by atoms with E-state index in [0.717, 1.165) is 11.1 Å². The van der Waals surface area contributed by atoms with Crippen molar-refractivity contribution in [2.24, 2.45) is 5.10 Å². The second-order valence-corrected chi connectivity index (χ2v) is 4.48. The first kappa shape index (κ1) is 14.5. The molecule has 1 N–H and O–H groups in total. The van der Waals surface area contributed by atoms with Crippen molar-refractivity contribution in [1.29, 1.82) is 0 Å². The SMILES string of the molecule is CNC(=O)N1N=Cc2ccccc2C(OC)(OC)C1C. The number of benzene rings is 1. The number of hydrogen-bond donors (Lipinski definition) is 1. The molecule has 0 saturated carbocycles. The standard InChI is InChI=1S/C14H19N3O3/c1-10-14(19-3,20-4)12-8-6-5-7-11(12)9-16-17(10)13(18)15-2/h5-10H,1-4H3,(H,15,18). The molecule has 6 nitrogen and oxygen atoms in total.